The maximum Gasteiger partial charge on any atom is 0.345 e. The first-order valence-electron chi connectivity index (χ1n) is 4.96. The molecular weight excluding hydrogens is 224 g/mol. The first-order chi connectivity index (χ1) is 8.06. The second-order valence-electron chi connectivity index (χ2n) is 3.14. The molecule has 0 saturated carbocycles. The van der Waals surface area contributed by atoms with Gasteiger partial charge in [0.05, 0.1) is 6.61 Å². The largest absolute Gasteiger partial charge is 0.507 e. The summed E-state index contributed by atoms with van der Waals surface area (Å²) in [7, 11) is 0. The SMILES string of the molecule is CCOC(=O)/C(=C/c1ccccc1O)C(=O)O. The Hall–Kier alpha value is -2.30. The van der Waals surface area contributed by atoms with Crippen LogP contribution in [0.1, 0.15) is 12.5 Å². The van der Waals surface area contributed by atoms with Crippen LogP contribution in [0.25, 0.3) is 6.08 Å². The normalized spacial score (nSPS) is 11.0. The average molecular weight is 236 g/mol. The predicted molar refractivity (Wildman–Crippen MR) is 60.4 cm³/mol. The molecule has 5 nitrogen and oxygen atoms in total. The second kappa shape index (κ2) is 5.69. The second-order valence-corrected chi connectivity index (χ2v) is 3.14. The number of carboxylic acid groups (broad SMARTS) is 1. The van der Waals surface area contributed by atoms with Gasteiger partial charge in [0.1, 0.15) is 11.3 Å². The van der Waals surface area contributed by atoms with Crippen LogP contribution in [0, 0.1) is 0 Å². The van der Waals surface area contributed by atoms with Crippen molar-refractivity contribution in [2.45, 2.75) is 6.92 Å². The van der Waals surface area contributed by atoms with Gasteiger partial charge in [-0.1, -0.05) is 18.2 Å². The molecule has 1 rings (SSSR count). The number of hydrogen-bond donors (Lipinski definition) is 2. The Morgan fingerprint density at radius 2 is 2.00 bits per heavy atom. The zero-order valence-electron chi connectivity index (χ0n) is 9.21. The molecule has 1 aromatic rings. The maximum absolute atomic E-state index is 11.3. The van der Waals surface area contributed by atoms with Crippen LogP contribution in [0.15, 0.2) is 29.8 Å². The average Bonchev–Trinajstić information content (AvgIpc) is 2.27. The zero-order valence-corrected chi connectivity index (χ0v) is 9.21. The first kappa shape index (κ1) is 12.8. The number of esters is 1. The molecule has 0 aromatic heterocycles. The minimum absolute atomic E-state index is 0.0875. The van der Waals surface area contributed by atoms with Crippen molar-refractivity contribution in [3.8, 4) is 5.75 Å². The van der Waals surface area contributed by atoms with E-state index in [0.29, 0.717) is 0 Å². The molecule has 0 saturated heterocycles. The molecule has 0 aliphatic heterocycles. The number of phenols is 1. The summed E-state index contributed by atoms with van der Waals surface area (Å²) in [4.78, 5) is 22.2. The lowest BCUT2D eigenvalue weighted by Crippen LogP contribution is -2.15. The van der Waals surface area contributed by atoms with Gasteiger partial charge in [0, 0.05) is 5.56 Å². The fraction of sp³-hybridized carbons (Fsp3) is 0.167. The maximum atomic E-state index is 11.3. The van der Waals surface area contributed by atoms with Crippen molar-refractivity contribution in [2.24, 2.45) is 0 Å². The predicted octanol–water partition coefficient (Wildman–Crippen LogP) is 1.42. The molecule has 90 valence electrons. The van der Waals surface area contributed by atoms with Gasteiger partial charge in [0.15, 0.2) is 0 Å². The van der Waals surface area contributed by atoms with Crippen molar-refractivity contribution in [1.29, 1.82) is 0 Å². The summed E-state index contributed by atoms with van der Waals surface area (Å²) >= 11 is 0. The van der Waals surface area contributed by atoms with Gasteiger partial charge >= 0.3 is 11.9 Å². The molecule has 0 unspecified atom stereocenters. The number of rotatable bonds is 4. The van der Waals surface area contributed by atoms with Crippen molar-refractivity contribution in [2.75, 3.05) is 6.61 Å². The minimum Gasteiger partial charge on any atom is -0.507 e. The molecule has 2 N–H and O–H groups in total. The molecule has 0 atom stereocenters. The van der Waals surface area contributed by atoms with E-state index in [2.05, 4.69) is 4.74 Å². The number of aliphatic carboxylic acids is 1. The summed E-state index contributed by atoms with van der Waals surface area (Å²) in [6.07, 6.45) is 1.08. The Kier molecular flexibility index (Phi) is 4.28. The monoisotopic (exact) mass is 236 g/mol. The van der Waals surface area contributed by atoms with Gasteiger partial charge in [-0.05, 0) is 19.1 Å². The Labute approximate surface area is 98.0 Å². The van der Waals surface area contributed by atoms with E-state index in [-0.39, 0.29) is 17.9 Å². The highest BCUT2D eigenvalue weighted by Crippen LogP contribution is 2.19. The number of carbonyl (C=O) groups excluding carboxylic acids is 1. The third-order valence-electron chi connectivity index (χ3n) is 1.96. The van der Waals surface area contributed by atoms with Crippen LogP contribution in [0.3, 0.4) is 0 Å². The third kappa shape index (κ3) is 3.34. The molecule has 1 aromatic carbocycles. The molecule has 0 fully saturated rings. The smallest absolute Gasteiger partial charge is 0.345 e. The van der Waals surface area contributed by atoms with Gasteiger partial charge in [-0.15, -0.1) is 0 Å². The molecule has 0 aliphatic rings. The highest BCUT2D eigenvalue weighted by Gasteiger charge is 2.19. The van der Waals surface area contributed by atoms with E-state index in [1.807, 2.05) is 0 Å². The van der Waals surface area contributed by atoms with Gasteiger partial charge in [-0.25, -0.2) is 9.59 Å². The van der Waals surface area contributed by atoms with Crippen molar-refractivity contribution in [3.63, 3.8) is 0 Å². The summed E-state index contributed by atoms with van der Waals surface area (Å²) in [5, 5.41) is 18.3. The molecule has 17 heavy (non-hydrogen) atoms. The van der Waals surface area contributed by atoms with E-state index in [1.165, 1.54) is 12.1 Å². The van der Waals surface area contributed by atoms with Crippen molar-refractivity contribution in [3.05, 3.63) is 35.4 Å². The van der Waals surface area contributed by atoms with Gasteiger partial charge < -0.3 is 14.9 Å². The van der Waals surface area contributed by atoms with Gasteiger partial charge in [-0.2, -0.15) is 0 Å². The van der Waals surface area contributed by atoms with Crippen LogP contribution in [0.4, 0.5) is 0 Å². The Morgan fingerprint density at radius 1 is 1.35 bits per heavy atom. The number of phenolic OH excluding ortho intramolecular Hbond substituents is 1. The minimum atomic E-state index is -1.40. The summed E-state index contributed by atoms with van der Waals surface area (Å²) in [6.45, 7) is 1.67. The highest BCUT2D eigenvalue weighted by atomic mass is 16.5. The van der Waals surface area contributed by atoms with E-state index in [0.717, 1.165) is 6.08 Å². The summed E-state index contributed by atoms with van der Waals surface area (Å²) < 4.78 is 4.61. The van der Waals surface area contributed by atoms with Crippen molar-refractivity contribution in [1.82, 2.24) is 0 Å². The van der Waals surface area contributed by atoms with Gasteiger partial charge in [0.25, 0.3) is 0 Å². The van der Waals surface area contributed by atoms with Crippen LogP contribution < -0.4 is 0 Å². The van der Waals surface area contributed by atoms with E-state index in [4.69, 9.17) is 5.11 Å². The van der Waals surface area contributed by atoms with Crippen LogP contribution in [0.2, 0.25) is 0 Å². The van der Waals surface area contributed by atoms with E-state index in [1.54, 1.807) is 19.1 Å². The van der Waals surface area contributed by atoms with E-state index in [9.17, 15) is 14.7 Å². The number of carbonyl (C=O) groups is 2. The van der Waals surface area contributed by atoms with Crippen LogP contribution in [-0.2, 0) is 14.3 Å². The number of hydrogen-bond acceptors (Lipinski definition) is 4. The van der Waals surface area contributed by atoms with Crippen LogP contribution >= 0.6 is 0 Å². The quantitative estimate of drug-likeness (QED) is 0.357. The standard InChI is InChI=1S/C12H12O5/c1-2-17-12(16)9(11(14)15)7-8-5-3-4-6-10(8)13/h3-7,13H,2H2,1H3,(H,14,15)/b9-7+. The fourth-order valence-corrected chi connectivity index (χ4v) is 1.18. The molecule has 0 aliphatic carbocycles. The number of para-hydroxylation sites is 1. The fourth-order valence-electron chi connectivity index (χ4n) is 1.18. The number of aromatic hydroxyl groups is 1. The summed E-state index contributed by atoms with van der Waals surface area (Å²) in [6, 6.07) is 6.11. The molecule has 0 radical (unpaired) electrons. The lowest BCUT2D eigenvalue weighted by molar-refractivity contribution is -0.143. The van der Waals surface area contributed by atoms with Crippen LogP contribution in [-0.4, -0.2) is 28.8 Å². The molecule has 0 bridgehead atoms. The van der Waals surface area contributed by atoms with Gasteiger partial charge in [-0.3, -0.25) is 0 Å². The number of carboxylic acids is 1. The van der Waals surface area contributed by atoms with Crippen LogP contribution in [0.5, 0.6) is 5.75 Å². The topological polar surface area (TPSA) is 83.8 Å². The molecular formula is C12H12O5. The molecule has 0 amide bonds. The molecule has 0 spiro atoms. The van der Waals surface area contributed by atoms with Crippen molar-refractivity contribution < 1.29 is 24.5 Å². The summed E-state index contributed by atoms with van der Waals surface area (Å²) in [5.74, 6) is -2.43. The Morgan fingerprint density at radius 3 is 2.53 bits per heavy atom. The first-order valence-corrected chi connectivity index (χ1v) is 4.96. The van der Waals surface area contributed by atoms with E-state index < -0.39 is 17.5 Å². The lowest BCUT2D eigenvalue weighted by atomic mass is 10.1. The van der Waals surface area contributed by atoms with E-state index >= 15 is 0 Å². The zero-order chi connectivity index (χ0) is 12.8. The summed E-state index contributed by atoms with van der Waals surface area (Å²) in [5.41, 5.74) is -0.272. The number of benzene rings is 1. The third-order valence-corrected chi connectivity index (χ3v) is 1.96. The lowest BCUT2D eigenvalue weighted by Gasteiger charge is -2.03. The van der Waals surface area contributed by atoms with Crippen molar-refractivity contribution >= 4 is 18.0 Å². The molecule has 5 heteroatoms. The van der Waals surface area contributed by atoms with Gasteiger partial charge in [0.2, 0.25) is 0 Å². The molecule has 0 heterocycles. The number of ether oxygens (including phenoxy) is 1. The highest BCUT2D eigenvalue weighted by molar-refractivity contribution is 6.17. The Balaban J connectivity index is 3.11. The Bertz CT molecular complexity index is 462.